The molecule has 1 fully saturated rings. The van der Waals surface area contributed by atoms with Crippen LogP contribution in [0.3, 0.4) is 0 Å². The summed E-state index contributed by atoms with van der Waals surface area (Å²) in [4.78, 5) is 42.8. The predicted molar refractivity (Wildman–Crippen MR) is 221 cm³/mol. The summed E-state index contributed by atoms with van der Waals surface area (Å²) in [6.07, 6.45) is 10.5. The first-order valence-electron chi connectivity index (χ1n) is 20.5. The molecule has 1 saturated carbocycles. The number of nitrogens with one attached hydrogen (secondary N) is 4. The van der Waals surface area contributed by atoms with Crippen LogP contribution in [0.4, 0.5) is 17.2 Å². The molecule has 2 atom stereocenters. The number of aldehydes is 1. The first kappa shape index (κ1) is 46.8. The fourth-order valence-corrected chi connectivity index (χ4v) is 6.94. The molecule has 1 heterocycles. The van der Waals surface area contributed by atoms with Crippen molar-refractivity contribution < 1.29 is 38.1 Å². The third-order valence-corrected chi connectivity index (χ3v) is 10.1. The molecule has 0 saturated heterocycles. The molecule has 0 spiro atoms. The minimum atomic E-state index is -0.0954. The number of carbonyl (C=O) groups is 3. The second-order valence-electron chi connectivity index (χ2n) is 14.3. The Hall–Kier alpha value is -3.60. The lowest BCUT2D eigenvalue weighted by molar-refractivity contribution is -0.123. The molecule has 2 unspecified atom stereocenters. The normalized spacial score (nSPS) is 14.6. The van der Waals surface area contributed by atoms with Crippen LogP contribution in [0, 0.1) is 11.8 Å². The third kappa shape index (κ3) is 18.1. The fourth-order valence-electron chi connectivity index (χ4n) is 6.94. The van der Waals surface area contributed by atoms with Gasteiger partial charge in [0, 0.05) is 57.4 Å². The van der Waals surface area contributed by atoms with Crippen LogP contribution in [0.25, 0.3) is 10.9 Å². The van der Waals surface area contributed by atoms with Gasteiger partial charge in [-0.05, 0) is 44.6 Å². The lowest BCUT2D eigenvalue weighted by Gasteiger charge is -2.27. The van der Waals surface area contributed by atoms with Gasteiger partial charge >= 0.3 is 0 Å². The molecule has 56 heavy (non-hydrogen) atoms. The summed E-state index contributed by atoms with van der Waals surface area (Å²) < 4.78 is 27.6. The van der Waals surface area contributed by atoms with Gasteiger partial charge in [-0.25, -0.2) is 4.98 Å². The van der Waals surface area contributed by atoms with Crippen molar-refractivity contribution in [2.24, 2.45) is 11.8 Å². The molecule has 0 bridgehead atoms. The van der Waals surface area contributed by atoms with Gasteiger partial charge in [-0.15, -0.1) is 0 Å². The molecule has 1 aromatic heterocycles. The van der Waals surface area contributed by atoms with Crippen LogP contribution in [0.1, 0.15) is 71.1 Å². The van der Waals surface area contributed by atoms with E-state index >= 15 is 0 Å². The molecule has 1 aliphatic rings. The van der Waals surface area contributed by atoms with Crippen molar-refractivity contribution in [3.63, 3.8) is 0 Å². The quantitative estimate of drug-likeness (QED) is 0.0321. The molecular formula is C41H69N7O8. The Morgan fingerprint density at radius 1 is 0.839 bits per heavy atom. The van der Waals surface area contributed by atoms with Gasteiger partial charge in [0.05, 0.1) is 83.9 Å². The number of aromatic nitrogens is 1. The summed E-state index contributed by atoms with van der Waals surface area (Å²) in [6, 6.07) is 7.99. The average Bonchev–Trinajstić information content (AvgIpc) is 3.48. The zero-order chi connectivity index (χ0) is 40.2. The van der Waals surface area contributed by atoms with E-state index in [-0.39, 0.29) is 30.2 Å². The fraction of sp³-hybridized carbons (Fsp3) is 0.707. The number of hydrogen-bond donors (Lipinski definition) is 5. The number of benzene rings is 1. The van der Waals surface area contributed by atoms with E-state index in [1.165, 1.54) is 25.7 Å². The van der Waals surface area contributed by atoms with Crippen LogP contribution >= 0.6 is 0 Å². The van der Waals surface area contributed by atoms with E-state index in [2.05, 4.69) is 37.2 Å². The van der Waals surface area contributed by atoms with Gasteiger partial charge in [0.25, 0.3) is 0 Å². The highest BCUT2D eigenvalue weighted by Crippen LogP contribution is 2.36. The maximum atomic E-state index is 12.2. The van der Waals surface area contributed by atoms with Crippen molar-refractivity contribution in [3.8, 4) is 0 Å². The Morgan fingerprint density at radius 3 is 1.96 bits per heavy atom. The van der Waals surface area contributed by atoms with Crippen molar-refractivity contribution in [2.75, 3.05) is 116 Å². The molecule has 0 aliphatic heterocycles. The smallest absolute Gasteiger partial charge is 0.223 e. The number of carbonyl (C=O) groups excluding carboxylic acids is 3. The number of hydrogen-bond acceptors (Lipinski definition) is 13. The number of pyridine rings is 1. The number of nitrogen functional groups attached to an aromatic ring is 1. The maximum absolute atomic E-state index is 12.2. The lowest BCUT2D eigenvalue weighted by Crippen LogP contribution is -2.44. The monoisotopic (exact) mass is 788 g/mol. The van der Waals surface area contributed by atoms with Gasteiger partial charge in [-0.2, -0.15) is 0 Å². The van der Waals surface area contributed by atoms with E-state index in [9.17, 15) is 14.4 Å². The first-order valence-corrected chi connectivity index (χ1v) is 20.5. The molecular weight excluding hydrogens is 718 g/mol. The highest BCUT2D eigenvalue weighted by Gasteiger charge is 2.27. The molecule has 6 N–H and O–H groups in total. The van der Waals surface area contributed by atoms with E-state index < -0.39 is 0 Å². The molecule has 2 amide bonds. The highest BCUT2D eigenvalue weighted by atomic mass is 16.6. The van der Waals surface area contributed by atoms with Crippen LogP contribution in [-0.4, -0.2) is 129 Å². The van der Waals surface area contributed by atoms with Gasteiger partial charge in [0.2, 0.25) is 11.8 Å². The molecule has 3 rings (SSSR count). The lowest BCUT2D eigenvalue weighted by atomic mass is 9.83. The zero-order valence-corrected chi connectivity index (χ0v) is 34.1. The van der Waals surface area contributed by atoms with E-state index in [0.717, 1.165) is 60.8 Å². The van der Waals surface area contributed by atoms with Crippen molar-refractivity contribution >= 4 is 46.2 Å². The largest absolute Gasteiger partial charge is 0.383 e. The summed E-state index contributed by atoms with van der Waals surface area (Å²) in [7, 11) is 3.89. The Labute approximate surface area is 333 Å². The molecule has 2 aromatic rings. The van der Waals surface area contributed by atoms with Crippen molar-refractivity contribution in [3.05, 3.63) is 24.3 Å². The summed E-state index contributed by atoms with van der Waals surface area (Å²) in [5.41, 5.74) is 8.92. The number of anilines is 3. The van der Waals surface area contributed by atoms with Crippen molar-refractivity contribution in [2.45, 2.75) is 77.2 Å². The van der Waals surface area contributed by atoms with Crippen molar-refractivity contribution in [1.82, 2.24) is 20.9 Å². The van der Waals surface area contributed by atoms with Crippen LogP contribution in [0.5, 0.6) is 0 Å². The summed E-state index contributed by atoms with van der Waals surface area (Å²) in [5.74, 6) is 0.759. The van der Waals surface area contributed by atoms with Gasteiger partial charge in [-0.3, -0.25) is 14.9 Å². The number of unbranched alkanes of at least 4 members (excludes halogenated alkanes) is 1. The summed E-state index contributed by atoms with van der Waals surface area (Å²) in [5, 5.41) is 13.4. The van der Waals surface area contributed by atoms with Crippen LogP contribution in [0.2, 0.25) is 0 Å². The Kier molecular flexibility index (Phi) is 24.0. The number of amides is 2. The number of ether oxygens (including phenoxy) is 5. The van der Waals surface area contributed by atoms with Gasteiger partial charge < -0.3 is 55.1 Å². The molecule has 1 aliphatic carbocycles. The van der Waals surface area contributed by atoms with E-state index in [0.29, 0.717) is 97.4 Å². The van der Waals surface area contributed by atoms with E-state index in [1.54, 1.807) is 0 Å². The minimum Gasteiger partial charge on any atom is -0.383 e. The number of nitrogens with zero attached hydrogens (tertiary/aromatic N) is 2. The topological polar surface area (TPSA) is 188 Å². The minimum absolute atomic E-state index is 0.0197. The SMILES string of the molecule is CNc1c(N)nc2ccccc2c1N(C)CCCCNC(=O)CCOCCOCCOCCOCCOCCC(=O)NCNC(C)C(C=O)C1CCCCCC1. The standard InChI is InChI=1S/C41H69N7O8/c1-32(35(30-49)33-12-6-4-5-7-13-33)45-31-46-38(51)17-21-53-23-25-55-27-29-56-28-26-54-24-22-52-20-16-37(50)44-18-10-11-19-48(3)40-34-14-8-9-15-36(34)47-41(42)39(40)43-2/h8-9,14-15,30,32-33,35,43,45H,4-7,10-13,16-29,31H2,1-3H3,(H2,42,47)(H,44,50)(H,46,51). The Balaban J connectivity index is 1.04. The van der Waals surface area contributed by atoms with Gasteiger partial charge in [0.1, 0.15) is 17.8 Å². The Bertz CT molecular complexity index is 1400. The number of rotatable bonds is 31. The van der Waals surface area contributed by atoms with Crippen LogP contribution in [-0.2, 0) is 38.1 Å². The Morgan fingerprint density at radius 2 is 1.39 bits per heavy atom. The summed E-state index contributed by atoms with van der Waals surface area (Å²) >= 11 is 0. The molecule has 15 nitrogen and oxygen atoms in total. The van der Waals surface area contributed by atoms with Crippen molar-refractivity contribution in [1.29, 1.82) is 0 Å². The second kappa shape index (κ2) is 28.7. The molecule has 0 radical (unpaired) electrons. The first-order chi connectivity index (χ1) is 27.3. The molecule has 15 heteroatoms. The zero-order valence-electron chi connectivity index (χ0n) is 34.1. The van der Waals surface area contributed by atoms with E-state index in [1.807, 2.05) is 39.2 Å². The van der Waals surface area contributed by atoms with E-state index in [4.69, 9.17) is 29.4 Å². The molecule has 316 valence electrons. The average molecular weight is 788 g/mol. The third-order valence-electron chi connectivity index (χ3n) is 10.1. The number of para-hydroxylation sites is 1. The van der Waals surface area contributed by atoms with Gasteiger partial charge in [0.15, 0.2) is 0 Å². The number of nitrogens with two attached hydrogens (primary N) is 1. The van der Waals surface area contributed by atoms with Crippen LogP contribution < -0.4 is 31.9 Å². The van der Waals surface area contributed by atoms with Gasteiger partial charge in [-0.1, -0.05) is 43.9 Å². The maximum Gasteiger partial charge on any atom is 0.223 e. The summed E-state index contributed by atoms with van der Waals surface area (Å²) in [6.45, 7) is 7.85. The van der Waals surface area contributed by atoms with Crippen LogP contribution in [0.15, 0.2) is 24.3 Å². The number of fused-ring (bicyclic) bond motifs is 1. The predicted octanol–water partition coefficient (Wildman–Crippen LogP) is 3.89. The highest BCUT2D eigenvalue weighted by molar-refractivity contribution is 6.01. The molecule has 1 aromatic carbocycles. The second-order valence-corrected chi connectivity index (χ2v) is 14.3.